The van der Waals surface area contributed by atoms with Gasteiger partial charge in [0.1, 0.15) is 0 Å². The van der Waals surface area contributed by atoms with Crippen LogP contribution in [0.3, 0.4) is 0 Å². The van der Waals surface area contributed by atoms with E-state index in [9.17, 15) is 5.11 Å². The lowest BCUT2D eigenvalue weighted by molar-refractivity contribution is -0.0937. The minimum absolute atomic E-state index is 0.109. The summed E-state index contributed by atoms with van der Waals surface area (Å²) in [6.07, 6.45) is 11.1. The molecule has 7 nitrogen and oxygen atoms in total. The highest BCUT2D eigenvalue weighted by molar-refractivity contribution is 5.22. The van der Waals surface area contributed by atoms with E-state index in [1.54, 1.807) is 0 Å². The molecule has 0 radical (unpaired) electrons. The van der Waals surface area contributed by atoms with Crippen LogP contribution in [0.2, 0.25) is 0 Å². The molecule has 0 bridgehead atoms. The van der Waals surface area contributed by atoms with Crippen molar-refractivity contribution in [1.29, 1.82) is 0 Å². The average Bonchev–Trinajstić information content (AvgIpc) is 3.33. The number of nitrogens with two attached hydrogens (primary N) is 1. The molecule has 3 atom stereocenters. The van der Waals surface area contributed by atoms with Crippen LogP contribution < -0.4 is 5.73 Å². The summed E-state index contributed by atoms with van der Waals surface area (Å²) in [7, 11) is 0. The Morgan fingerprint density at radius 3 is 2.22 bits per heavy atom. The Morgan fingerprint density at radius 1 is 1.06 bits per heavy atom. The molecule has 32 heavy (non-hydrogen) atoms. The normalized spacial score (nSPS) is 23.9. The molecular formula is C25H47NO6. The summed E-state index contributed by atoms with van der Waals surface area (Å²) in [5.41, 5.74) is 7.14. The van der Waals surface area contributed by atoms with E-state index >= 15 is 0 Å². The summed E-state index contributed by atoms with van der Waals surface area (Å²) in [5, 5.41) is 34.5. The topological polar surface area (TPSA) is 125 Å². The van der Waals surface area contributed by atoms with Gasteiger partial charge in [0, 0.05) is 25.7 Å². The molecule has 0 aromatic rings. The van der Waals surface area contributed by atoms with Crippen molar-refractivity contribution in [1.82, 2.24) is 0 Å². The second-order valence-electron chi connectivity index (χ2n) is 10.6. The third-order valence-electron chi connectivity index (χ3n) is 6.03. The summed E-state index contributed by atoms with van der Waals surface area (Å²) < 4.78 is 11.1. The molecule has 2 aliphatic rings. The number of ether oxygens (including phenoxy) is 2. The lowest BCUT2D eigenvalue weighted by Gasteiger charge is -2.35. The van der Waals surface area contributed by atoms with Gasteiger partial charge in [-0.1, -0.05) is 45.9 Å². The maximum atomic E-state index is 9.32. The van der Waals surface area contributed by atoms with Crippen molar-refractivity contribution < 1.29 is 29.9 Å². The summed E-state index contributed by atoms with van der Waals surface area (Å²) in [5.74, 6) is -0.264. The smallest absolute Gasteiger partial charge is 0.166 e. The van der Waals surface area contributed by atoms with Crippen LogP contribution in [0.25, 0.3) is 0 Å². The highest BCUT2D eigenvalue weighted by Gasteiger charge is 2.47. The zero-order chi connectivity index (χ0) is 24.2. The third-order valence-corrected chi connectivity index (χ3v) is 6.03. The van der Waals surface area contributed by atoms with E-state index in [0.717, 1.165) is 51.7 Å². The first-order valence-corrected chi connectivity index (χ1v) is 11.9. The standard InChI is InChI=1S/C21H39NO3.C4H8O3/c1-20(2,11-8-13-25-19(23)15-22)17-21(3,4)12-14-24-16-18-9-6-5-7-10-18;5-1-2-3(6)4(2)7/h6,9-10,19,23H,5,7-8,11-17,22H2,1-4H3;2-7H,1H2. The quantitative estimate of drug-likeness (QED) is 0.200. The fourth-order valence-corrected chi connectivity index (χ4v) is 4.18. The van der Waals surface area contributed by atoms with E-state index in [-0.39, 0.29) is 29.9 Å². The SMILES string of the molecule is CC(C)(CCCOC(O)CN)CC(C)(C)CCOCC1=CCCC=C1.OCC1C(O)C1O. The van der Waals surface area contributed by atoms with E-state index in [0.29, 0.717) is 6.61 Å². The molecular weight excluding hydrogens is 410 g/mol. The number of allylic oxidation sites excluding steroid dienone is 2. The number of hydrogen-bond acceptors (Lipinski definition) is 7. The van der Waals surface area contributed by atoms with Crippen molar-refractivity contribution in [2.24, 2.45) is 22.5 Å². The Morgan fingerprint density at radius 2 is 1.72 bits per heavy atom. The van der Waals surface area contributed by atoms with Crippen LogP contribution in [0.15, 0.2) is 23.8 Å². The van der Waals surface area contributed by atoms with Gasteiger partial charge < -0.3 is 35.6 Å². The van der Waals surface area contributed by atoms with Gasteiger partial charge >= 0.3 is 0 Å². The Balaban J connectivity index is 0.000000616. The lowest BCUT2D eigenvalue weighted by Crippen LogP contribution is -2.26. The Labute approximate surface area is 194 Å². The van der Waals surface area contributed by atoms with E-state index in [2.05, 4.69) is 45.9 Å². The molecule has 0 saturated heterocycles. The Kier molecular flexibility index (Phi) is 13.2. The van der Waals surface area contributed by atoms with E-state index in [4.69, 9.17) is 30.5 Å². The molecule has 0 amide bonds. The van der Waals surface area contributed by atoms with Crippen LogP contribution in [0.4, 0.5) is 0 Å². The summed E-state index contributed by atoms with van der Waals surface area (Å²) >= 11 is 0. The molecule has 6 N–H and O–H groups in total. The van der Waals surface area contributed by atoms with Crippen molar-refractivity contribution in [2.45, 2.75) is 84.7 Å². The minimum atomic E-state index is -0.828. The maximum absolute atomic E-state index is 9.32. The molecule has 0 aliphatic heterocycles. The van der Waals surface area contributed by atoms with Crippen LogP contribution in [-0.4, -0.2) is 71.9 Å². The minimum Gasteiger partial charge on any atom is -0.396 e. The van der Waals surface area contributed by atoms with Gasteiger partial charge in [-0.05, 0) is 54.9 Å². The van der Waals surface area contributed by atoms with Gasteiger partial charge in [-0.25, -0.2) is 0 Å². The van der Waals surface area contributed by atoms with Gasteiger partial charge in [0.15, 0.2) is 6.29 Å². The number of rotatable bonds is 14. The molecule has 2 rings (SSSR count). The molecule has 3 unspecified atom stereocenters. The average molecular weight is 458 g/mol. The Hall–Kier alpha value is -0.800. The molecule has 1 fully saturated rings. The van der Waals surface area contributed by atoms with Gasteiger partial charge in [-0.15, -0.1) is 0 Å². The first kappa shape index (κ1) is 29.2. The fraction of sp³-hybridized carbons (Fsp3) is 0.840. The van der Waals surface area contributed by atoms with Crippen LogP contribution in [0, 0.1) is 16.7 Å². The molecule has 0 spiro atoms. The van der Waals surface area contributed by atoms with Gasteiger partial charge in [0.05, 0.1) is 25.4 Å². The van der Waals surface area contributed by atoms with Crippen molar-refractivity contribution in [3.8, 4) is 0 Å². The van der Waals surface area contributed by atoms with E-state index in [1.165, 1.54) is 5.57 Å². The van der Waals surface area contributed by atoms with Crippen LogP contribution in [0.1, 0.15) is 66.2 Å². The predicted octanol–water partition coefficient (Wildman–Crippen LogP) is 2.52. The fourth-order valence-electron chi connectivity index (χ4n) is 4.18. The predicted molar refractivity (Wildman–Crippen MR) is 127 cm³/mol. The Bertz CT molecular complexity index is 567. The van der Waals surface area contributed by atoms with Crippen molar-refractivity contribution >= 4 is 0 Å². The molecule has 0 aromatic carbocycles. The summed E-state index contributed by atoms with van der Waals surface area (Å²) in [6.45, 7) is 11.4. The van der Waals surface area contributed by atoms with Crippen molar-refractivity contribution in [3.63, 3.8) is 0 Å². The first-order valence-electron chi connectivity index (χ1n) is 11.9. The zero-order valence-corrected chi connectivity index (χ0v) is 20.5. The monoisotopic (exact) mass is 457 g/mol. The molecule has 1 saturated carbocycles. The zero-order valence-electron chi connectivity index (χ0n) is 20.5. The van der Waals surface area contributed by atoms with Crippen LogP contribution in [-0.2, 0) is 9.47 Å². The highest BCUT2D eigenvalue weighted by atomic mass is 16.6. The maximum Gasteiger partial charge on any atom is 0.166 e. The van der Waals surface area contributed by atoms with Crippen molar-refractivity contribution in [2.75, 3.05) is 33.0 Å². The van der Waals surface area contributed by atoms with Crippen molar-refractivity contribution in [3.05, 3.63) is 23.8 Å². The molecule has 0 aromatic heterocycles. The van der Waals surface area contributed by atoms with Gasteiger partial charge in [0.2, 0.25) is 0 Å². The van der Waals surface area contributed by atoms with Crippen LogP contribution in [0.5, 0.6) is 0 Å². The van der Waals surface area contributed by atoms with Crippen LogP contribution >= 0.6 is 0 Å². The highest BCUT2D eigenvalue weighted by Crippen LogP contribution is 2.39. The number of aliphatic hydroxyl groups is 4. The van der Waals surface area contributed by atoms with Gasteiger partial charge in [0.25, 0.3) is 0 Å². The largest absolute Gasteiger partial charge is 0.396 e. The molecule has 7 heteroatoms. The second-order valence-corrected chi connectivity index (χ2v) is 10.6. The third kappa shape index (κ3) is 12.4. The molecule has 0 heterocycles. The van der Waals surface area contributed by atoms with E-state index in [1.807, 2.05) is 0 Å². The lowest BCUT2D eigenvalue weighted by atomic mass is 9.71. The number of aliphatic hydroxyl groups excluding tert-OH is 4. The van der Waals surface area contributed by atoms with E-state index < -0.39 is 18.5 Å². The second kappa shape index (κ2) is 14.5. The van der Waals surface area contributed by atoms with Gasteiger partial charge in [-0.3, -0.25) is 0 Å². The van der Waals surface area contributed by atoms with Gasteiger partial charge in [-0.2, -0.15) is 0 Å². The molecule has 2 aliphatic carbocycles. The summed E-state index contributed by atoms with van der Waals surface area (Å²) in [4.78, 5) is 0. The summed E-state index contributed by atoms with van der Waals surface area (Å²) in [6, 6.07) is 0. The first-order chi connectivity index (χ1) is 15.0. The molecule has 188 valence electrons. The number of hydrogen-bond donors (Lipinski definition) is 5.